The molecule has 2 rings (SSSR count). The van der Waals surface area contributed by atoms with Crippen LogP contribution in [0.15, 0.2) is 46.7 Å². The maximum absolute atomic E-state index is 14.3. The van der Waals surface area contributed by atoms with Crippen molar-refractivity contribution in [1.82, 2.24) is 0 Å². The lowest BCUT2D eigenvalue weighted by molar-refractivity contribution is -0.140. The highest BCUT2D eigenvalue weighted by atomic mass is 19.4. The monoisotopic (exact) mass is 440 g/mol. The molecule has 0 N–H and O–H groups in total. The molecule has 2 aromatic carbocycles. The standard InChI is InChI=1S/C21H20F4N2O4/c1-12-7-5-9-15(19(27-30-4)20(28)29-3)16(12)11-31-26-13(2)14-8-6-10-17(18(14)22)21(23,24)25/h5-10H,11H2,1-4H3/b26-13+,27-19+. The minimum absolute atomic E-state index is 0.0857. The Hall–Kier alpha value is -3.43. The Labute approximate surface area is 176 Å². The fourth-order valence-corrected chi connectivity index (χ4v) is 2.77. The zero-order valence-electron chi connectivity index (χ0n) is 17.2. The first-order valence-corrected chi connectivity index (χ1v) is 8.92. The van der Waals surface area contributed by atoms with Crippen LogP contribution in [0.2, 0.25) is 0 Å². The van der Waals surface area contributed by atoms with Crippen molar-refractivity contribution >= 4 is 17.4 Å². The Bertz CT molecular complexity index is 1020. The number of rotatable bonds is 7. The molecule has 0 aliphatic rings. The molecule has 0 spiro atoms. The first-order chi connectivity index (χ1) is 14.6. The lowest BCUT2D eigenvalue weighted by atomic mass is 9.99. The number of benzene rings is 2. The van der Waals surface area contributed by atoms with E-state index in [0.717, 1.165) is 11.6 Å². The van der Waals surface area contributed by atoms with E-state index in [1.807, 2.05) is 0 Å². The third-order valence-corrected chi connectivity index (χ3v) is 4.33. The van der Waals surface area contributed by atoms with Gasteiger partial charge in [-0.05, 0) is 25.5 Å². The van der Waals surface area contributed by atoms with Crippen molar-refractivity contribution in [2.24, 2.45) is 10.3 Å². The van der Waals surface area contributed by atoms with Gasteiger partial charge >= 0.3 is 12.1 Å². The number of aryl methyl sites for hydroxylation is 1. The van der Waals surface area contributed by atoms with Crippen LogP contribution in [-0.4, -0.2) is 31.6 Å². The molecular formula is C21H20F4N2O4. The minimum atomic E-state index is -4.83. The summed E-state index contributed by atoms with van der Waals surface area (Å²) in [6.07, 6.45) is -4.83. The van der Waals surface area contributed by atoms with Crippen molar-refractivity contribution in [3.8, 4) is 0 Å². The zero-order chi connectivity index (χ0) is 23.2. The summed E-state index contributed by atoms with van der Waals surface area (Å²) in [5, 5.41) is 7.44. The van der Waals surface area contributed by atoms with Gasteiger partial charge in [0.2, 0.25) is 0 Å². The van der Waals surface area contributed by atoms with Crippen molar-refractivity contribution < 1.29 is 36.8 Å². The molecule has 0 fully saturated rings. The van der Waals surface area contributed by atoms with Crippen LogP contribution in [0.3, 0.4) is 0 Å². The van der Waals surface area contributed by atoms with Crippen LogP contribution < -0.4 is 0 Å². The maximum Gasteiger partial charge on any atom is 0.419 e. The number of carbonyl (C=O) groups excluding carboxylic acids is 1. The summed E-state index contributed by atoms with van der Waals surface area (Å²) in [5.41, 5.74) is -0.301. The first kappa shape index (κ1) is 23.8. The highest BCUT2D eigenvalue weighted by molar-refractivity contribution is 6.43. The second-order valence-corrected chi connectivity index (χ2v) is 6.33. The summed E-state index contributed by atoms with van der Waals surface area (Å²) in [4.78, 5) is 22.0. The summed E-state index contributed by atoms with van der Waals surface area (Å²) in [5.74, 6) is -2.17. The molecule has 0 amide bonds. The van der Waals surface area contributed by atoms with Gasteiger partial charge in [0.15, 0.2) is 5.71 Å². The van der Waals surface area contributed by atoms with Gasteiger partial charge in [0.05, 0.1) is 18.4 Å². The number of esters is 1. The molecule has 0 heterocycles. The predicted molar refractivity (Wildman–Crippen MR) is 105 cm³/mol. The van der Waals surface area contributed by atoms with Crippen LogP contribution in [0.5, 0.6) is 0 Å². The molecule has 0 aliphatic heterocycles. The second-order valence-electron chi connectivity index (χ2n) is 6.33. The highest BCUT2D eigenvalue weighted by Gasteiger charge is 2.35. The van der Waals surface area contributed by atoms with Gasteiger partial charge in [-0.25, -0.2) is 9.18 Å². The molecule has 31 heavy (non-hydrogen) atoms. The van der Waals surface area contributed by atoms with Gasteiger partial charge in [0.1, 0.15) is 19.5 Å². The first-order valence-electron chi connectivity index (χ1n) is 8.92. The molecule has 0 unspecified atom stereocenters. The molecule has 10 heteroatoms. The fourth-order valence-electron chi connectivity index (χ4n) is 2.77. The van der Waals surface area contributed by atoms with Gasteiger partial charge in [0, 0.05) is 16.7 Å². The number of ether oxygens (including phenoxy) is 1. The van der Waals surface area contributed by atoms with Crippen LogP contribution >= 0.6 is 0 Å². The summed E-state index contributed by atoms with van der Waals surface area (Å²) >= 11 is 0. The predicted octanol–water partition coefficient (Wildman–Crippen LogP) is 4.62. The van der Waals surface area contributed by atoms with E-state index in [9.17, 15) is 22.4 Å². The van der Waals surface area contributed by atoms with Gasteiger partial charge in [-0.1, -0.05) is 40.6 Å². The van der Waals surface area contributed by atoms with Crippen LogP contribution in [0, 0.1) is 12.7 Å². The number of alkyl halides is 3. The molecule has 0 aliphatic carbocycles. The Morgan fingerprint density at radius 2 is 1.68 bits per heavy atom. The lowest BCUT2D eigenvalue weighted by Gasteiger charge is -2.13. The normalized spacial score (nSPS) is 12.5. The summed E-state index contributed by atoms with van der Waals surface area (Å²) in [6.45, 7) is 2.91. The van der Waals surface area contributed by atoms with Crippen molar-refractivity contribution in [3.63, 3.8) is 0 Å². The number of hydrogen-bond acceptors (Lipinski definition) is 6. The molecule has 0 bridgehead atoms. The quantitative estimate of drug-likeness (QED) is 0.273. The second kappa shape index (κ2) is 10.1. The maximum atomic E-state index is 14.3. The third kappa shape index (κ3) is 5.59. The average molecular weight is 440 g/mol. The largest absolute Gasteiger partial charge is 0.464 e. The van der Waals surface area contributed by atoms with E-state index in [0.29, 0.717) is 17.2 Å². The summed E-state index contributed by atoms with van der Waals surface area (Å²) < 4.78 is 57.7. The Kier molecular flexibility index (Phi) is 7.73. The fraction of sp³-hybridized carbons (Fsp3) is 0.286. The van der Waals surface area contributed by atoms with Crippen LogP contribution in [0.25, 0.3) is 0 Å². The number of halogens is 4. The molecule has 166 valence electrons. The molecule has 0 saturated heterocycles. The zero-order valence-corrected chi connectivity index (χ0v) is 17.2. The van der Waals surface area contributed by atoms with Crippen molar-refractivity contribution in [1.29, 1.82) is 0 Å². The van der Waals surface area contributed by atoms with Gasteiger partial charge in [-0.2, -0.15) is 13.2 Å². The molecule has 0 saturated carbocycles. The van der Waals surface area contributed by atoms with Crippen LogP contribution in [0.4, 0.5) is 17.6 Å². The Morgan fingerprint density at radius 3 is 2.29 bits per heavy atom. The number of methoxy groups -OCH3 is 1. The van der Waals surface area contributed by atoms with E-state index in [4.69, 9.17) is 14.4 Å². The SMILES string of the molecule is CO/N=C(/C(=O)OC)c1cccc(C)c1CO/N=C(\C)c1cccc(C(F)(F)F)c1F. The van der Waals surface area contributed by atoms with Crippen molar-refractivity contribution in [2.45, 2.75) is 26.6 Å². The molecular weight excluding hydrogens is 420 g/mol. The molecule has 0 atom stereocenters. The molecule has 0 radical (unpaired) electrons. The van der Waals surface area contributed by atoms with Gasteiger partial charge < -0.3 is 14.4 Å². The Balaban J connectivity index is 2.34. The molecule has 2 aromatic rings. The van der Waals surface area contributed by atoms with Gasteiger partial charge in [-0.15, -0.1) is 0 Å². The van der Waals surface area contributed by atoms with Crippen molar-refractivity contribution in [2.75, 3.05) is 14.2 Å². The van der Waals surface area contributed by atoms with E-state index in [1.54, 1.807) is 25.1 Å². The van der Waals surface area contributed by atoms with Gasteiger partial charge in [0.25, 0.3) is 0 Å². The summed E-state index contributed by atoms with van der Waals surface area (Å²) in [7, 11) is 2.46. The van der Waals surface area contributed by atoms with E-state index in [1.165, 1.54) is 27.2 Å². The van der Waals surface area contributed by atoms with Crippen LogP contribution in [-0.2, 0) is 32.0 Å². The Morgan fingerprint density at radius 1 is 1.03 bits per heavy atom. The lowest BCUT2D eigenvalue weighted by Crippen LogP contribution is -2.20. The van der Waals surface area contributed by atoms with E-state index >= 15 is 0 Å². The minimum Gasteiger partial charge on any atom is -0.464 e. The summed E-state index contributed by atoms with van der Waals surface area (Å²) in [6, 6.07) is 7.96. The molecule has 0 aromatic heterocycles. The van der Waals surface area contributed by atoms with Crippen molar-refractivity contribution in [3.05, 3.63) is 70.0 Å². The topological polar surface area (TPSA) is 69.5 Å². The van der Waals surface area contributed by atoms with E-state index in [-0.39, 0.29) is 23.6 Å². The number of carbonyl (C=O) groups is 1. The smallest absolute Gasteiger partial charge is 0.419 e. The highest BCUT2D eigenvalue weighted by Crippen LogP contribution is 2.32. The van der Waals surface area contributed by atoms with E-state index in [2.05, 4.69) is 10.3 Å². The number of nitrogens with zero attached hydrogens (tertiary/aromatic N) is 2. The third-order valence-electron chi connectivity index (χ3n) is 4.33. The van der Waals surface area contributed by atoms with Crippen LogP contribution in [0.1, 0.15) is 34.7 Å². The number of oxime groups is 2. The molecule has 6 nitrogen and oxygen atoms in total. The van der Waals surface area contributed by atoms with Gasteiger partial charge in [-0.3, -0.25) is 0 Å². The van der Waals surface area contributed by atoms with E-state index < -0.39 is 23.5 Å². The number of hydrogen-bond donors (Lipinski definition) is 0. The average Bonchev–Trinajstić information content (AvgIpc) is 2.71.